The molecule has 1 atom stereocenters. The molecule has 1 unspecified atom stereocenters. The Morgan fingerprint density at radius 3 is 2.47 bits per heavy atom. The summed E-state index contributed by atoms with van der Waals surface area (Å²) in [5.74, 6) is 1.51. The van der Waals surface area contributed by atoms with Crippen LogP contribution in [0.25, 0.3) is 0 Å². The molecule has 0 radical (unpaired) electrons. The summed E-state index contributed by atoms with van der Waals surface area (Å²) in [5, 5.41) is 3.61. The predicted octanol–water partition coefficient (Wildman–Crippen LogP) is 3.15. The first kappa shape index (κ1) is 17.0. The SMILES string of the molecule is CCCNC(CCCS(=O)(=O)CC)CC1CCCC1. The molecule has 0 saturated heterocycles. The molecule has 1 fully saturated rings. The van der Waals surface area contributed by atoms with Crippen molar-refractivity contribution in [2.75, 3.05) is 18.1 Å². The normalized spacial score (nSPS) is 18.8. The van der Waals surface area contributed by atoms with Gasteiger partial charge in [-0.2, -0.15) is 0 Å². The minimum absolute atomic E-state index is 0.280. The van der Waals surface area contributed by atoms with E-state index in [1.165, 1.54) is 32.1 Å². The van der Waals surface area contributed by atoms with Crippen LogP contribution in [0.4, 0.5) is 0 Å². The summed E-state index contributed by atoms with van der Waals surface area (Å²) in [6, 6.07) is 0.523. The molecule has 1 rings (SSSR count). The molecule has 0 amide bonds. The van der Waals surface area contributed by atoms with Crippen LogP contribution in [-0.4, -0.2) is 32.5 Å². The van der Waals surface area contributed by atoms with Crippen molar-refractivity contribution < 1.29 is 8.42 Å². The molecule has 19 heavy (non-hydrogen) atoms. The highest BCUT2D eigenvalue weighted by Gasteiger charge is 2.20. The van der Waals surface area contributed by atoms with Gasteiger partial charge in [0.1, 0.15) is 9.84 Å². The number of rotatable bonds is 10. The smallest absolute Gasteiger partial charge is 0.150 e. The summed E-state index contributed by atoms with van der Waals surface area (Å²) >= 11 is 0. The topological polar surface area (TPSA) is 46.2 Å². The van der Waals surface area contributed by atoms with Gasteiger partial charge in [0.25, 0.3) is 0 Å². The van der Waals surface area contributed by atoms with Crippen LogP contribution in [0.1, 0.15) is 65.2 Å². The van der Waals surface area contributed by atoms with Gasteiger partial charge in [0.15, 0.2) is 0 Å². The average Bonchev–Trinajstić information content (AvgIpc) is 2.88. The highest BCUT2D eigenvalue weighted by Crippen LogP contribution is 2.29. The lowest BCUT2D eigenvalue weighted by Gasteiger charge is -2.22. The third-order valence-corrected chi connectivity index (χ3v) is 6.01. The van der Waals surface area contributed by atoms with Crippen molar-refractivity contribution >= 4 is 9.84 Å². The van der Waals surface area contributed by atoms with Crippen LogP contribution < -0.4 is 5.32 Å². The summed E-state index contributed by atoms with van der Waals surface area (Å²) < 4.78 is 23.0. The van der Waals surface area contributed by atoms with Crippen LogP contribution in [-0.2, 0) is 9.84 Å². The molecule has 1 saturated carbocycles. The Kier molecular flexibility index (Phi) is 8.00. The molecule has 0 aromatic carbocycles. The van der Waals surface area contributed by atoms with Gasteiger partial charge < -0.3 is 5.32 Å². The van der Waals surface area contributed by atoms with E-state index in [9.17, 15) is 8.42 Å². The largest absolute Gasteiger partial charge is 0.314 e. The minimum Gasteiger partial charge on any atom is -0.314 e. The van der Waals surface area contributed by atoms with Gasteiger partial charge in [0.05, 0.1) is 5.75 Å². The van der Waals surface area contributed by atoms with Gasteiger partial charge in [-0.05, 0) is 38.1 Å². The first-order valence-electron chi connectivity index (χ1n) is 8.01. The average molecular weight is 289 g/mol. The highest BCUT2D eigenvalue weighted by atomic mass is 32.2. The summed E-state index contributed by atoms with van der Waals surface area (Å²) in [6.07, 6.45) is 9.72. The molecule has 1 aliphatic carbocycles. The van der Waals surface area contributed by atoms with Crippen LogP contribution >= 0.6 is 0 Å². The molecule has 1 aliphatic rings. The Balaban J connectivity index is 2.31. The predicted molar refractivity (Wildman–Crippen MR) is 82.2 cm³/mol. The summed E-state index contributed by atoms with van der Waals surface area (Å²) in [6.45, 7) is 4.97. The fraction of sp³-hybridized carbons (Fsp3) is 1.00. The van der Waals surface area contributed by atoms with Crippen LogP contribution in [0.3, 0.4) is 0 Å². The first-order chi connectivity index (χ1) is 9.07. The second kappa shape index (κ2) is 8.96. The van der Waals surface area contributed by atoms with E-state index in [4.69, 9.17) is 0 Å². The first-order valence-corrected chi connectivity index (χ1v) is 9.83. The molecule has 0 aromatic rings. The van der Waals surface area contributed by atoms with Crippen molar-refractivity contribution in [3.05, 3.63) is 0 Å². The molecule has 0 heterocycles. The van der Waals surface area contributed by atoms with Crippen molar-refractivity contribution in [2.24, 2.45) is 5.92 Å². The maximum Gasteiger partial charge on any atom is 0.150 e. The van der Waals surface area contributed by atoms with Crippen LogP contribution in [0.2, 0.25) is 0 Å². The van der Waals surface area contributed by atoms with Gasteiger partial charge in [-0.25, -0.2) is 8.42 Å². The van der Waals surface area contributed by atoms with Crippen molar-refractivity contribution in [2.45, 2.75) is 71.3 Å². The van der Waals surface area contributed by atoms with E-state index in [0.717, 1.165) is 31.7 Å². The van der Waals surface area contributed by atoms with Gasteiger partial charge >= 0.3 is 0 Å². The van der Waals surface area contributed by atoms with Crippen LogP contribution in [0.15, 0.2) is 0 Å². The standard InChI is InChI=1S/C15H31NO2S/c1-3-11-16-15(13-14-8-5-6-9-14)10-7-12-19(17,18)4-2/h14-16H,3-13H2,1-2H3. The highest BCUT2D eigenvalue weighted by molar-refractivity contribution is 7.91. The molecule has 1 N–H and O–H groups in total. The Labute approximate surface area is 119 Å². The number of nitrogens with one attached hydrogen (secondary N) is 1. The van der Waals surface area contributed by atoms with Gasteiger partial charge in [0.2, 0.25) is 0 Å². The fourth-order valence-electron chi connectivity index (χ4n) is 2.99. The van der Waals surface area contributed by atoms with Crippen molar-refractivity contribution in [3.63, 3.8) is 0 Å². The van der Waals surface area contributed by atoms with E-state index in [-0.39, 0.29) is 5.75 Å². The molecular weight excluding hydrogens is 258 g/mol. The molecule has 0 bridgehead atoms. The van der Waals surface area contributed by atoms with Crippen molar-refractivity contribution in [1.29, 1.82) is 0 Å². The monoisotopic (exact) mass is 289 g/mol. The van der Waals surface area contributed by atoms with E-state index in [1.54, 1.807) is 6.92 Å². The van der Waals surface area contributed by atoms with E-state index in [0.29, 0.717) is 11.8 Å². The molecular formula is C15H31NO2S. The Hall–Kier alpha value is -0.0900. The van der Waals surface area contributed by atoms with Gasteiger partial charge in [0, 0.05) is 11.8 Å². The molecule has 3 nitrogen and oxygen atoms in total. The molecule has 114 valence electrons. The van der Waals surface area contributed by atoms with E-state index >= 15 is 0 Å². The number of hydrogen-bond acceptors (Lipinski definition) is 3. The lowest BCUT2D eigenvalue weighted by atomic mass is 9.95. The summed E-state index contributed by atoms with van der Waals surface area (Å²) in [7, 11) is -2.79. The lowest BCUT2D eigenvalue weighted by molar-refractivity contribution is 0.369. The van der Waals surface area contributed by atoms with Gasteiger partial charge in [-0.15, -0.1) is 0 Å². The zero-order chi connectivity index (χ0) is 14.1. The third-order valence-electron chi connectivity index (χ3n) is 4.22. The summed E-state index contributed by atoms with van der Waals surface area (Å²) in [4.78, 5) is 0. The molecule has 0 aliphatic heterocycles. The Morgan fingerprint density at radius 2 is 1.89 bits per heavy atom. The van der Waals surface area contributed by atoms with Crippen molar-refractivity contribution in [3.8, 4) is 0 Å². The second-order valence-corrected chi connectivity index (χ2v) is 8.39. The zero-order valence-corrected chi connectivity index (χ0v) is 13.5. The summed E-state index contributed by atoms with van der Waals surface area (Å²) in [5.41, 5.74) is 0. The fourth-order valence-corrected chi connectivity index (χ4v) is 3.89. The quantitative estimate of drug-likeness (QED) is 0.672. The number of sulfone groups is 1. The van der Waals surface area contributed by atoms with Gasteiger partial charge in [-0.1, -0.05) is 39.5 Å². The van der Waals surface area contributed by atoms with Crippen LogP contribution in [0.5, 0.6) is 0 Å². The second-order valence-electron chi connectivity index (χ2n) is 5.92. The minimum atomic E-state index is -2.79. The van der Waals surface area contributed by atoms with Crippen molar-refractivity contribution in [1.82, 2.24) is 5.32 Å². The lowest BCUT2D eigenvalue weighted by Crippen LogP contribution is -2.32. The Bertz CT molecular complexity index is 321. The third kappa shape index (κ3) is 7.31. The van der Waals surface area contributed by atoms with Crippen LogP contribution in [0, 0.1) is 5.92 Å². The maximum absolute atomic E-state index is 11.5. The molecule has 4 heteroatoms. The Morgan fingerprint density at radius 1 is 1.21 bits per heavy atom. The maximum atomic E-state index is 11.5. The van der Waals surface area contributed by atoms with Gasteiger partial charge in [-0.3, -0.25) is 0 Å². The zero-order valence-electron chi connectivity index (χ0n) is 12.7. The van der Waals surface area contributed by atoms with E-state index < -0.39 is 9.84 Å². The molecule has 0 spiro atoms. The molecule has 0 aromatic heterocycles. The number of hydrogen-bond donors (Lipinski definition) is 1. The van der Waals surface area contributed by atoms with E-state index in [1.807, 2.05) is 0 Å². The van der Waals surface area contributed by atoms with E-state index in [2.05, 4.69) is 12.2 Å².